The number of rotatable bonds is 6. The van der Waals surface area contributed by atoms with Crippen LogP contribution in [0.5, 0.6) is 0 Å². The van der Waals surface area contributed by atoms with Gasteiger partial charge in [0.15, 0.2) is 5.69 Å². The van der Waals surface area contributed by atoms with Crippen molar-refractivity contribution < 1.29 is 13.2 Å². The van der Waals surface area contributed by atoms with Crippen LogP contribution in [-0.2, 0) is 17.1 Å². The van der Waals surface area contributed by atoms with E-state index in [1.807, 2.05) is 0 Å². The molecule has 2 aromatic heterocycles. The summed E-state index contributed by atoms with van der Waals surface area (Å²) in [6, 6.07) is 3.18. The molecule has 0 saturated carbocycles. The van der Waals surface area contributed by atoms with Crippen LogP contribution in [0.15, 0.2) is 21.7 Å². The van der Waals surface area contributed by atoms with Gasteiger partial charge < -0.3 is 5.32 Å². The molecular weight excluding hydrogens is 348 g/mol. The van der Waals surface area contributed by atoms with Crippen molar-refractivity contribution in [3.05, 3.63) is 33.9 Å². The smallest absolute Gasteiger partial charge is 0.273 e. The van der Waals surface area contributed by atoms with E-state index in [2.05, 4.69) is 15.1 Å². The van der Waals surface area contributed by atoms with Gasteiger partial charge in [-0.25, -0.2) is 13.1 Å². The van der Waals surface area contributed by atoms with Gasteiger partial charge in [-0.15, -0.1) is 11.3 Å². The molecule has 0 fully saturated rings. The highest BCUT2D eigenvalue weighted by atomic mass is 35.5. The molecule has 1 amide bonds. The predicted octanol–water partition coefficient (Wildman–Crippen LogP) is 1.15. The summed E-state index contributed by atoms with van der Waals surface area (Å²) in [7, 11) is -1.83. The van der Waals surface area contributed by atoms with Crippen LogP contribution in [0.25, 0.3) is 0 Å². The number of halogens is 1. The first-order valence-corrected chi connectivity index (χ1v) is 9.07. The van der Waals surface area contributed by atoms with Crippen LogP contribution in [0.2, 0.25) is 5.02 Å². The molecule has 0 aliphatic carbocycles. The normalized spacial score (nSPS) is 11.6. The highest BCUT2D eigenvalue weighted by molar-refractivity contribution is 7.91. The fourth-order valence-electron chi connectivity index (χ4n) is 1.66. The minimum atomic E-state index is -3.52. The summed E-state index contributed by atoms with van der Waals surface area (Å²) in [5.41, 5.74) is 0.813. The van der Waals surface area contributed by atoms with E-state index in [4.69, 9.17) is 11.6 Å². The van der Waals surface area contributed by atoms with Crippen molar-refractivity contribution in [3.8, 4) is 0 Å². The molecule has 0 bridgehead atoms. The number of nitrogens with one attached hydrogen (secondary N) is 2. The fraction of sp³-hybridized carbons (Fsp3) is 0.333. The molecular formula is C12H15ClN4O3S2. The predicted molar refractivity (Wildman–Crippen MR) is 84.8 cm³/mol. The van der Waals surface area contributed by atoms with Gasteiger partial charge in [0, 0.05) is 20.1 Å². The van der Waals surface area contributed by atoms with Gasteiger partial charge in [-0.05, 0) is 18.4 Å². The zero-order valence-corrected chi connectivity index (χ0v) is 14.3. The Morgan fingerprint density at radius 3 is 2.73 bits per heavy atom. The third kappa shape index (κ3) is 3.67. The monoisotopic (exact) mass is 362 g/mol. The Bertz CT molecular complexity index is 769. The van der Waals surface area contributed by atoms with Crippen molar-refractivity contribution >= 4 is 38.9 Å². The third-order valence-corrected chi connectivity index (χ3v) is 6.25. The first kappa shape index (κ1) is 16.9. The largest absolute Gasteiger partial charge is 0.349 e. The second-order valence-electron chi connectivity index (χ2n) is 4.46. The fourth-order valence-corrected chi connectivity index (χ4v) is 3.98. The van der Waals surface area contributed by atoms with Crippen molar-refractivity contribution in [2.24, 2.45) is 7.05 Å². The summed E-state index contributed by atoms with van der Waals surface area (Å²) in [5.74, 6) is -0.441. The maximum Gasteiger partial charge on any atom is 0.273 e. The van der Waals surface area contributed by atoms with Crippen LogP contribution >= 0.6 is 22.9 Å². The molecule has 10 heteroatoms. The molecule has 0 aliphatic rings. The molecule has 2 aromatic rings. The Kier molecular flexibility index (Phi) is 5.22. The molecule has 2 N–H and O–H groups in total. The van der Waals surface area contributed by atoms with E-state index >= 15 is 0 Å². The van der Waals surface area contributed by atoms with Gasteiger partial charge >= 0.3 is 0 Å². The number of thiophene rings is 1. The van der Waals surface area contributed by atoms with E-state index < -0.39 is 15.9 Å². The summed E-state index contributed by atoms with van der Waals surface area (Å²) in [4.78, 5) is 11.9. The number of amides is 1. The van der Waals surface area contributed by atoms with Crippen LogP contribution in [0.1, 0.15) is 16.2 Å². The van der Waals surface area contributed by atoms with Crippen LogP contribution in [0.3, 0.4) is 0 Å². The first-order valence-electron chi connectivity index (χ1n) is 6.33. The molecule has 0 aliphatic heterocycles. The highest BCUT2D eigenvalue weighted by Crippen LogP contribution is 2.18. The van der Waals surface area contributed by atoms with Crippen molar-refractivity contribution in [3.63, 3.8) is 0 Å². The second-order valence-corrected chi connectivity index (χ2v) is 7.78. The van der Waals surface area contributed by atoms with Crippen LogP contribution in [0.4, 0.5) is 0 Å². The van der Waals surface area contributed by atoms with Gasteiger partial charge in [0.1, 0.15) is 4.21 Å². The van der Waals surface area contributed by atoms with E-state index in [0.717, 1.165) is 11.3 Å². The van der Waals surface area contributed by atoms with Crippen LogP contribution < -0.4 is 10.0 Å². The Morgan fingerprint density at radius 2 is 2.18 bits per heavy atom. The highest BCUT2D eigenvalue weighted by Gasteiger charge is 2.18. The SMILES string of the molecule is Cc1c(Cl)c(C(=O)NCCNS(=O)(=O)c2cccs2)nn1C. The summed E-state index contributed by atoms with van der Waals surface area (Å²) < 4.78 is 27.9. The maximum atomic E-state index is 11.9. The Balaban J connectivity index is 1.86. The summed E-state index contributed by atoms with van der Waals surface area (Å²) >= 11 is 7.14. The lowest BCUT2D eigenvalue weighted by molar-refractivity contribution is 0.0949. The van der Waals surface area contributed by atoms with Gasteiger partial charge in [-0.3, -0.25) is 9.48 Å². The zero-order valence-electron chi connectivity index (χ0n) is 12.0. The zero-order chi connectivity index (χ0) is 16.3. The molecule has 0 spiro atoms. The van der Waals surface area contributed by atoms with Gasteiger partial charge in [0.05, 0.1) is 10.7 Å². The van der Waals surface area contributed by atoms with Crippen molar-refractivity contribution in [2.75, 3.05) is 13.1 Å². The average molecular weight is 363 g/mol. The topological polar surface area (TPSA) is 93.1 Å². The second kappa shape index (κ2) is 6.78. The number of aromatic nitrogens is 2. The first-order chi connectivity index (χ1) is 10.3. The molecule has 7 nitrogen and oxygen atoms in total. The van der Waals surface area contributed by atoms with Gasteiger partial charge in [-0.2, -0.15) is 5.10 Å². The molecule has 0 saturated heterocycles. The van der Waals surface area contributed by atoms with E-state index in [0.29, 0.717) is 10.7 Å². The number of carbonyl (C=O) groups excluding carboxylic acids is 1. The van der Waals surface area contributed by atoms with Crippen molar-refractivity contribution in [1.29, 1.82) is 0 Å². The lowest BCUT2D eigenvalue weighted by atomic mass is 10.3. The van der Waals surface area contributed by atoms with Crippen LogP contribution in [0, 0.1) is 6.92 Å². The quantitative estimate of drug-likeness (QED) is 0.754. The number of hydrogen-bond acceptors (Lipinski definition) is 5. The number of carbonyl (C=O) groups is 1. The summed E-state index contributed by atoms with van der Waals surface area (Å²) in [6.07, 6.45) is 0. The van der Waals surface area contributed by atoms with Crippen molar-refractivity contribution in [1.82, 2.24) is 19.8 Å². The molecule has 0 aromatic carbocycles. The molecule has 22 heavy (non-hydrogen) atoms. The summed E-state index contributed by atoms with van der Waals surface area (Å²) in [6.45, 7) is 1.96. The Labute approximate surface area is 137 Å². The standard InChI is InChI=1S/C12H15ClN4O3S2/c1-8-10(13)11(16-17(8)2)12(18)14-5-6-15-22(19,20)9-4-3-7-21-9/h3-4,7,15H,5-6H2,1-2H3,(H,14,18). The molecule has 2 rings (SSSR count). The third-order valence-electron chi connectivity index (χ3n) is 2.94. The lowest BCUT2D eigenvalue weighted by Crippen LogP contribution is -2.34. The molecule has 2 heterocycles. The van der Waals surface area contributed by atoms with Crippen LogP contribution in [-0.4, -0.2) is 37.2 Å². The van der Waals surface area contributed by atoms with Crippen molar-refractivity contribution in [2.45, 2.75) is 11.1 Å². The minimum Gasteiger partial charge on any atom is -0.349 e. The van der Waals surface area contributed by atoms with E-state index in [1.54, 1.807) is 25.4 Å². The van der Waals surface area contributed by atoms with E-state index in [1.165, 1.54) is 10.7 Å². The minimum absolute atomic E-state index is 0.0788. The maximum absolute atomic E-state index is 11.9. The number of sulfonamides is 1. The van der Waals surface area contributed by atoms with Gasteiger partial charge in [0.2, 0.25) is 10.0 Å². The van der Waals surface area contributed by atoms with Gasteiger partial charge in [0.25, 0.3) is 5.91 Å². The lowest BCUT2D eigenvalue weighted by Gasteiger charge is -2.06. The Hall–Kier alpha value is -1.42. The van der Waals surface area contributed by atoms with Gasteiger partial charge in [-0.1, -0.05) is 17.7 Å². The number of hydrogen-bond donors (Lipinski definition) is 2. The molecule has 0 radical (unpaired) electrons. The molecule has 120 valence electrons. The summed E-state index contributed by atoms with van der Waals surface area (Å²) in [5, 5.41) is 8.56. The molecule has 0 unspecified atom stereocenters. The van der Waals surface area contributed by atoms with E-state index in [-0.39, 0.29) is 23.0 Å². The number of nitrogens with zero attached hydrogens (tertiary/aromatic N) is 2. The average Bonchev–Trinajstić information content (AvgIpc) is 3.09. The molecule has 0 atom stereocenters. The number of aryl methyl sites for hydroxylation is 1. The van der Waals surface area contributed by atoms with E-state index in [9.17, 15) is 13.2 Å². The Morgan fingerprint density at radius 1 is 1.45 bits per heavy atom.